The van der Waals surface area contributed by atoms with Crippen molar-refractivity contribution in [1.82, 2.24) is 0 Å². The fourth-order valence-corrected chi connectivity index (χ4v) is 2.58. The quantitative estimate of drug-likeness (QED) is 0.681. The third-order valence-corrected chi connectivity index (χ3v) is 3.76. The second kappa shape index (κ2) is 7.82. The Hall–Kier alpha value is -1.83. The predicted molar refractivity (Wildman–Crippen MR) is 80.9 cm³/mol. The molecular formula is C17H14F2OS. The molecule has 0 spiro atoms. The van der Waals surface area contributed by atoms with Crippen LogP contribution in [0.4, 0.5) is 8.78 Å². The van der Waals surface area contributed by atoms with Gasteiger partial charge in [-0.2, -0.15) is 0 Å². The molecule has 0 aliphatic carbocycles. The van der Waals surface area contributed by atoms with E-state index in [1.165, 1.54) is 30.0 Å². The van der Waals surface area contributed by atoms with Crippen molar-refractivity contribution in [3.63, 3.8) is 0 Å². The summed E-state index contributed by atoms with van der Waals surface area (Å²) in [4.78, 5) is 0.826. The summed E-state index contributed by atoms with van der Waals surface area (Å²) in [5.74, 6) is 5.38. The second-order valence-corrected chi connectivity index (χ2v) is 5.38. The molecule has 4 heteroatoms. The van der Waals surface area contributed by atoms with E-state index in [-0.39, 0.29) is 18.2 Å². The first-order valence-corrected chi connectivity index (χ1v) is 7.44. The van der Waals surface area contributed by atoms with Crippen LogP contribution in [0.15, 0.2) is 47.4 Å². The van der Waals surface area contributed by atoms with Crippen molar-refractivity contribution >= 4 is 11.8 Å². The lowest BCUT2D eigenvalue weighted by Gasteiger charge is -2.04. The molecule has 1 nitrogen and oxygen atoms in total. The number of benzene rings is 2. The van der Waals surface area contributed by atoms with Crippen LogP contribution >= 0.6 is 11.8 Å². The summed E-state index contributed by atoms with van der Waals surface area (Å²) in [6.45, 7) is -0.0380. The molecule has 0 amide bonds. The Morgan fingerprint density at radius 2 is 1.95 bits per heavy atom. The first kappa shape index (κ1) is 15.6. The van der Waals surface area contributed by atoms with Crippen LogP contribution in [0.25, 0.3) is 0 Å². The molecule has 0 saturated heterocycles. The Balaban J connectivity index is 2.07. The average Bonchev–Trinajstić information content (AvgIpc) is 2.48. The van der Waals surface area contributed by atoms with Gasteiger partial charge in [0, 0.05) is 17.1 Å². The Kier molecular flexibility index (Phi) is 5.79. The van der Waals surface area contributed by atoms with E-state index in [2.05, 4.69) is 11.8 Å². The lowest BCUT2D eigenvalue weighted by Crippen LogP contribution is -1.88. The van der Waals surface area contributed by atoms with Crippen LogP contribution in [0.3, 0.4) is 0 Å². The molecule has 0 aliphatic heterocycles. The zero-order valence-electron chi connectivity index (χ0n) is 11.3. The Labute approximate surface area is 127 Å². The minimum absolute atomic E-state index is 0.0380. The highest BCUT2D eigenvalue weighted by molar-refractivity contribution is 7.98. The van der Waals surface area contributed by atoms with Gasteiger partial charge in [0.1, 0.15) is 11.6 Å². The summed E-state index contributed by atoms with van der Waals surface area (Å²) in [6, 6.07) is 11.1. The summed E-state index contributed by atoms with van der Waals surface area (Å²) in [7, 11) is 0. The number of rotatable bonds is 4. The van der Waals surface area contributed by atoms with Gasteiger partial charge in [0.15, 0.2) is 0 Å². The van der Waals surface area contributed by atoms with Crippen molar-refractivity contribution in [1.29, 1.82) is 0 Å². The van der Waals surface area contributed by atoms with E-state index >= 15 is 0 Å². The van der Waals surface area contributed by atoms with Gasteiger partial charge in [-0.15, -0.1) is 11.8 Å². The molecule has 1 N–H and O–H groups in total. The van der Waals surface area contributed by atoms with Gasteiger partial charge in [-0.05, 0) is 35.9 Å². The Morgan fingerprint density at radius 3 is 2.71 bits per heavy atom. The van der Waals surface area contributed by atoms with Gasteiger partial charge in [-0.1, -0.05) is 24.0 Å². The van der Waals surface area contributed by atoms with E-state index < -0.39 is 0 Å². The molecule has 0 aliphatic rings. The monoisotopic (exact) mass is 304 g/mol. The lowest BCUT2D eigenvalue weighted by atomic mass is 10.1. The van der Waals surface area contributed by atoms with Crippen molar-refractivity contribution in [2.45, 2.75) is 17.1 Å². The van der Waals surface area contributed by atoms with Crippen LogP contribution in [-0.2, 0) is 5.75 Å². The first-order valence-electron chi connectivity index (χ1n) is 6.45. The van der Waals surface area contributed by atoms with Crippen LogP contribution in [0.1, 0.15) is 17.5 Å². The van der Waals surface area contributed by atoms with Crippen molar-refractivity contribution in [3.8, 4) is 11.8 Å². The molecule has 2 aromatic rings. The highest BCUT2D eigenvalue weighted by atomic mass is 32.2. The number of hydrogen-bond acceptors (Lipinski definition) is 2. The summed E-state index contributed by atoms with van der Waals surface area (Å²) in [5.41, 5.74) is 1.24. The van der Waals surface area contributed by atoms with Crippen LogP contribution in [0.5, 0.6) is 0 Å². The molecule has 2 aromatic carbocycles. The van der Waals surface area contributed by atoms with E-state index in [1.54, 1.807) is 18.2 Å². The molecule has 0 heterocycles. The van der Waals surface area contributed by atoms with Gasteiger partial charge in [-0.25, -0.2) is 8.78 Å². The van der Waals surface area contributed by atoms with E-state index in [0.717, 1.165) is 10.5 Å². The van der Waals surface area contributed by atoms with Crippen LogP contribution in [0.2, 0.25) is 0 Å². The third kappa shape index (κ3) is 4.89. The second-order valence-electron chi connectivity index (χ2n) is 4.34. The van der Waals surface area contributed by atoms with Gasteiger partial charge in [0.05, 0.1) is 12.2 Å². The van der Waals surface area contributed by atoms with Crippen molar-refractivity contribution in [2.75, 3.05) is 6.61 Å². The van der Waals surface area contributed by atoms with Gasteiger partial charge < -0.3 is 5.11 Å². The topological polar surface area (TPSA) is 20.2 Å². The number of aliphatic hydroxyl groups is 1. The first-order chi connectivity index (χ1) is 10.2. The van der Waals surface area contributed by atoms with E-state index in [0.29, 0.717) is 17.7 Å². The molecule has 21 heavy (non-hydrogen) atoms. The molecule has 0 fully saturated rings. The lowest BCUT2D eigenvalue weighted by molar-refractivity contribution is 0.305. The van der Waals surface area contributed by atoms with Crippen molar-refractivity contribution in [2.24, 2.45) is 0 Å². The van der Waals surface area contributed by atoms with Gasteiger partial charge in [-0.3, -0.25) is 0 Å². The Bertz CT molecular complexity index is 674. The van der Waals surface area contributed by atoms with E-state index in [1.807, 2.05) is 6.07 Å². The smallest absolute Gasteiger partial charge is 0.138 e. The number of halogens is 2. The zero-order chi connectivity index (χ0) is 15.1. The molecule has 0 unspecified atom stereocenters. The van der Waals surface area contributed by atoms with Crippen molar-refractivity contribution in [3.05, 3.63) is 65.2 Å². The normalized spacial score (nSPS) is 10.0. The standard InChI is InChI=1S/C17H14F2OS/c18-15-5-3-6-16(11-15)21-12-13-7-8-17(19)14(10-13)4-1-2-9-20/h3,5-8,10-11,20H,2,9,12H2. The summed E-state index contributed by atoms with van der Waals surface area (Å²) >= 11 is 1.48. The summed E-state index contributed by atoms with van der Waals surface area (Å²) in [5, 5.41) is 8.67. The molecule has 0 atom stereocenters. The van der Waals surface area contributed by atoms with E-state index in [9.17, 15) is 8.78 Å². The largest absolute Gasteiger partial charge is 0.395 e. The van der Waals surface area contributed by atoms with Crippen LogP contribution in [-0.4, -0.2) is 11.7 Å². The average molecular weight is 304 g/mol. The highest BCUT2D eigenvalue weighted by Gasteiger charge is 2.03. The summed E-state index contributed by atoms with van der Waals surface area (Å²) < 4.78 is 26.7. The highest BCUT2D eigenvalue weighted by Crippen LogP contribution is 2.24. The van der Waals surface area contributed by atoms with E-state index in [4.69, 9.17) is 5.11 Å². The molecular weight excluding hydrogens is 290 g/mol. The minimum atomic E-state index is -0.375. The number of thioether (sulfide) groups is 1. The third-order valence-electron chi connectivity index (χ3n) is 2.69. The number of hydrogen-bond donors (Lipinski definition) is 1. The SMILES string of the molecule is OCCC#Cc1cc(CSc2cccc(F)c2)ccc1F. The fourth-order valence-electron chi connectivity index (χ4n) is 1.70. The molecule has 2 rings (SSSR count). The summed E-state index contributed by atoms with van der Waals surface area (Å²) in [6.07, 6.45) is 0.321. The molecule has 0 radical (unpaired) electrons. The van der Waals surface area contributed by atoms with Gasteiger partial charge >= 0.3 is 0 Å². The Morgan fingerprint density at radius 1 is 1.10 bits per heavy atom. The van der Waals surface area contributed by atoms with Gasteiger partial charge in [0.2, 0.25) is 0 Å². The molecule has 108 valence electrons. The maximum atomic E-state index is 13.6. The maximum Gasteiger partial charge on any atom is 0.138 e. The van der Waals surface area contributed by atoms with Crippen molar-refractivity contribution < 1.29 is 13.9 Å². The minimum Gasteiger partial charge on any atom is -0.395 e. The van der Waals surface area contributed by atoms with Gasteiger partial charge in [0.25, 0.3) is 0 Å². The fraction of sp³-hybridized carbons (Fsp3) is 0.176. The molecule has 0 aromatic heterocycles. The zero-order valence-corrected chi connectivity index (χ0v) is 12.1. The predicted octanol–water partition coefficient (Wildman–Crippen LogP) is 3.99. The van der Waals surface area contributed by atoms with Crippen LogP contribution < -0.4 is 0 Å². The van der Waals surface area contributed by atoms with Crippen LogP contribution in [0, 0.1) is 23.5 Å². The molecule has 0 bridgehead atoms. The number of aliphatic hydroxyl groups excluding tert-OH is 1. The maximum absolute atomic E-state index is 13.6. The molecule has 0 saturated carbocycles.